The molecule has 0 radical (unpaired) electrons. The molecule has 1 aliphatic heterocycles. The van der Waals surface area contributed by atoms with Gasteiger partial charge in [-0.3, -0.25) is 4.68 Å². The molecule has 17 heavy (non-hydrogen) atoms. The number of aryl methyl sites for hydroxylation is 2. The van der Waals surface area contributed by atoms with Gasteiger partial charge in [-0.2, -0.15) is 5.10 Å². The topological polar surface area (TPSA) is 58.5 Å². The largest absolute Gasteiger partial charge is 0.341 e. The number of hydrogen-bond donors (Lipinski definition) is 2. The summed E-state index contributed by atoms with van der Waals surface area (Å²) in [5.74, 6) is 1.04. The molecule has 2 aromatic rings. The van der Waals surface area contributed by atoms with Crippen molar-refractivity contribution in [1.82, 2.24) is 25.1 Å². The maximum Gasteiger partial charge on any atom is 0.123 e. The lowest BCUT2D eigenvalue weighted by Gasteiger charge is -2.05. The van der Waals surface area contributed by atoms with E-state index in [0.29, 0.717) is 6.04 Å². The zero-order chi connectivity index (χ0) is 11.8. The predicted molar refractivity (Wildman–Crippen MR) is 65.5 cm³/mol. The molecule has 0 bridgehead atoms. The van der Waals surface area contributed by atoms with Crippen molar-refractivity contribution in [1.29, 1.82) is 0 Å². The van der Waals surface area contributed by atoms with Gasteiger partial charge in [0.25, 0.3) is 0 Å². The van der Waals surface area contributed by atoms with Crippen LogP contribution in [0.15, 0.2) is 12.4 Å². The third-order valence-electron chi connectivity index (χ3n) is 3.29. The van der Waals surface area contributed by atoms with Crippen LogP contribution < -0.4 is 5.32 Å². The smallest absolute Gasteiger partial charge is 0.123 e. The van der Waals surface area contributed by atoms with Crippen LogP contribution in [-0.2, 0) is 7.05 Å². The van der Waals surface area contributed by atoms with Gasteiger partial charge in [0.05, 0.1) is 23.6 Å². The number of nitrogens with zero attached hydrogens (tertiary/aromatic N) is 3. The van der Waals surface area contributed by atoms with E-state index < -0.39 is 0 Å². The van der Waals surface area contributed by atoms with Crippen molar-refractivity contribution in [2.24, 2.45) is 7.05 Å². The first-order valence-corrected chi connectivity index (χ1v) is 6.03. The molecule has 2 aromatic heterocycles. The van der Waals surface area contributed by atoms with Gasteiger partial charge in [-0.15, -0.1) is 0 Å². The Balaban J connectivity index is 1.91. The number of hydrogen-bond acceptors (Lipinski definition) is 3. The van der Waals surface area contributed by atoms with E-state index in [9.17, 15) is 0 Å². The SMILES string of the molecule is Cc1nn(C)cc1-c1cnc(C2CCCN2)[nH]1. The zero-order valence-electron chi connectivity index (χ0n) is 10.2. The second kappa shape index (κ2) is 4.00. The van der Waals surface area contributed by atoms with E-state index in [0.717, 1.165) is 29.3 Å². The van der Waals surface area contributed by atoms with E-state index in [2.05, 4.69) is 20.4 Å². The van der Waals surface area contributed by atoms with Crippen LogP contribution in [0.25, 0.3) is 11.3 Å². The highest BCUT2D eigenvalue weighted by Crippen LogP contribution is 2.25. The van der Waals surface area contributed by atoms with Crippen molar-refractivity contribution in [3.8, 4) is 11.3 Å². The molecular weight excluding hydrogens is 214 g/mol. The van der Waals surface area contributed by atoms with Gasteiger partial charge in [-0.05, 0) is 26.3 Å². The number of nitrogens with one attached hydrogen (secondary N) is 2. The second-order valence-corrected chi connectivity index (χ2v) is 4.63. The summed E-state index contributed by atoms with van der Waals surface area (Å²) in [5.41, 5.74) is 3.21. The van der Waals surface area contributed by atoms with Crippen LogP contribution in [0.1, 0.15) is 30.4 Å². The summed E-state index contributed by atoms with van der Waals surface area (Å²) >= 11 is 0. The Bertz CT molecular complexity index is 519. The molecule has 5 heteroatoms. The fourth-order valence-corrected chi connectivity index (χ4v) is 2.43. The standard InChI is InChI=1S/C12H17N5/c1-8-9(7-17(2)16-8)11-6-14-12(15-11)10-4-3-5-13-10/h6-7,10,13H,3-5H2,1-2H3,(H,14,15). The minimum atomic E-state index is 0.390. The van der Waals surface area contributed by atoms with E-state index in [-0.39, 0.29) is 0 Å². The third kappa shape index (κ3) is 1.86. The Kier molecular flexibility index (Phi) is 2.48. The molecule has 0 amide bonds. The lowest BCUT2D eigenvalue weighted by Crippen LogP contribution is -2.14. The molecule has 1 unspecified atom stereocenters. The maximum absolute atomic E-state index is 4.47. The molecular formula is C12H17N5. The second-order valence-electron chi connectivity index (χ2n) is 4.63. The van der Waals surface area contributed by atoms with Crippen LogP contribution in [0.2, 0.25) is 0 Å². The first-order chi connectivity index (χ1) is 8.24. The van der Waals surface area contributed by atoms with Gasteiger partial charge in [0, 0.05) is 18.8 Å². The van der Waals surface area contributed by atoms with Gasteiger partial charge in [0.2, 0.25) is 0 Å². The van der Waals surface area contributed by atoms with Crippen LogP contribution >= 0.6 is 0 Å². The van der Waals surface area contributed by atoms with E-state index in [1.54, 1.807) is 0 Å². The summed E-state index contributed by atoms with van der Waals surface area (Å²) in [6.07, 6.45) is 6.32. The molecule has 3 heterocycles. The molecule has 0 aliphatic carbocycles. The fourth-order valence-electron chi connectivity index (χ4n) is 2.43. The molecule has 1 fully saturated rings. The molecule has 0 aromatic carbocycles. The van der Waals surface area contributed by atoms with Crippen molar-refractivity contribution in [3.05, 3.63) is 23.9 Å². The minimum Gasteiger partial charge on any atom is -0.341 e. The van der Waals surface area contributed by atoms with E-state index >= 15 is 0 Å². The molecule has 1 saturated heterocycles. The van der Waals surface area contributed by atoms with Gasteiger partial charge < -0.3 is 10.3 Å². The van der Waals surface area contributed by atoms with Crippen LogP contribution in [0.5, 0.6) is 0 Å². The number of aromatic nitrogens is 4. The van der Waals surface area contributed by atoms with Gasteiger partial charge in [0.1, 0.15) is 5.82 Å². The summed E-state index contributed by atoms with van der Waals surface area (Å²) in [6, 6.07) is 0.390. The van der Waals surface area contributed by atoms with Crippen molar-refractivity contribution < 1.29 is 0 Å². The quantitative estimate of drug-likeness (QED) is 0.824. The maximum atomic E-state index is 4.47. The average Bonchev–Trinajstić information content (AvgIpc) is 2.97. The summed E-state index contributed by atoms with van der Waals surface area (Å²) in [4.78, 5) is 7.87. The van der Waals surface area contributed by atoms with Crippen LogP contribution in [-0.4, -0.2) is 26.3 Å². The summed E-state index contributed by atoms with van der Waals surface area (Å²) in [7, 11) is 1.94. The highest BCUT2D eigenvalue weighted by molar-refractivity contribution is 5.60. The Morgan fingerprint density at radius 2 is 2.35 bits per heavy atom. The van der Waals surface area contributed by atoms with Crippen molar-refractivity contribution in [3.63, 3.8) is 0 Å². The number of aromatic amines is 1. The molecule has 3 rings (SSSR count). The Labute approximate surface area is 100 Å². The lowest BCUT2D eigenvalue weighted by molar-refractivity contribution is 0.613. The lowest BCUT2D eigenvalue weighted by atomic mass is 10.2. The van der Waals surface area contributed by atoms with Gasteiger partial charge >= 0.3 is 0 Å². The monoisotopic (exact) mass is 231 g/mol. The molecule has 1 atom stereocenters. The van der Waals surface area contributed by atoms with Crippen molar-refractivity contribution in [2.75, 3.05) is 6.54 Å². The molecule has 2 N–H and O–H groups in total. The number of H-pyrrole nitrogens is 1. The molecule has 1 aliphatic rings. The average molecular weight is 231 g/mol. The summed E-state index contributed by atoms with van der Waals surface area (Å²) in [5, 5.41) is 7.79. The van der Waals surface area contributed by atoms with Crippen LogP contribution in [0, 0.1) is 6.92 Å². The highest BCUT2D eigenvalue weighted by atomic mass is 15.3. The Hall–Kier alpha value is -1.62. The number of imidazole rings is 1. The normalized spacial score (nSPS) is 20.0. The van der Waals surface area contributed by atoms with E-state index in [1.165, 1.54) is 12.8 Å². The predicted octanol–water partition coefficient (Wildman–Crippen LogP) is 1.54. The van der Waals surface area contributed by atoms with Crippen molar-refractivity contribution >= 4 is 0 Å². The van der Waals surface area contributed by atoms with Gasteiger partial charge in [-0.1, -0.05) is 0 Å². The van der Waals surface area contributed by atoms with Crippen molar-refractivity contribution in [2.45, 2.75) is 25.8 Å². The molecule has 5 nitrogen and oxygen atoms in total. The van der Waals surface area contributed by atoms with Crippen LogP contribution in [0.4, 0.5) is 0 Å². The summed E-state index contributed by atoms with van der Waals surface area (Å²) in [6.45, 7) is 3.11. The minimum absolute atomic E-state index is 0.390. The van der Waals surface area contributed by atoms with Gasteiger partial charge in [-0.25, -0.2) is 4.98 Å². The fraction of sp³-hybridized carbons (Fsp3) is 0.500. The highest BCUT2D eigenvalue weighted by Gasteiger charge is 2.19. The van der Waals surface area contributed by atoms with Crippen LogP contribution in [0.3, 0.4) is 0 Å². The van der Waals surface area contributed by atoms with Gasteiger partial charge in [0.15, 0.2) is 0 Å². The number of rotatable bonds is 2. The van der Waals surface area contributed by atoms with E-state index in [4.69, 9.17) is 0 Å². The first-order valence-electron chi connectivity index (χ1n) is 6.03. The molecule has 0 spiro atoms. The van der Waals surface area contributed by atoms with E-state index in [1.807, 2.05) is 31.0 Å². The molecule has 0 saturated carbocycles. The molecule has 90 valence electrons. The third-order valence-corrected chi connectivity index (χ3v) is 3.29. The Morgan fingerprint density at radius 3 is 3.00 bits per heavy atom. The summed E-state index contributed by atoms with van der Waals surface area (Å²) < 4.78 is 1.83. The first kappa shape index (κ1) is 10.5. The Morgan fingerprint density at radius 1 is 1.47 bits per heavy atom. The zero-order valence-corrected chi connectivity index (χ0v) is 10.2.